The fraction of sp³-hybridized carbons (Fsp3) is 0.395. The molecule has 115 heavy (non-hydrogen) atoms. The Labute approximate surface area is 684 Å². The lowest BCUT2D eigenvalue weighted by molar-refractivity contribution is -0.138. The Morgan fingerprint density at radius 3 is 1.59 bits per heavy atom. The van der Waals surface area contributed by atoms with E-state index in [-0.39, 0.29) is 81.3 Å². The molecule has 612 valence electrons. The summed E-state index contributed by atoms with van der Waals surface area (Å²) >= 11 is 6.18. The summed E-state index contributed by atoms with van der Waals surface area (Å²) in [5, 5.41) is 23.6. The molecule has 3 aliphatic rings. The Kier molecular flexibility index (Phi) is 30.3. The van der Waals surface area contributed by atoms with Crippen molar-refractivity contribution >= 4 is 124 Å². The molecule has 34 heteroatoms. The van der Waals surface area contributed by atoms with Gasteiger partial charge in [-0.3, -0.25) is 24.0 Å². The van der Waals surface area contributed by atoms with Crippen molar-refractivity contribution in [3.63, 3.8) is 0 Å². The van der Waals surface area contributed by atoms with Crippen LogP contribution in [0.4, 0.5) is 51.4 Å². The summed E-state index contributed by atoms with van der Waals surface area (Å²) in [5.41, 5.74) is 2.11. The summed E-state index contributed by atoms with van der Waals surface area (Å²) in [6.45, 7) is 25.1. The third-order valence-electron chi connectivity index (χ3n) is 18.4. The van der Waals surface area contributed by atoms with Gasteiger partial charge in [-0.1, -0.05) is 72.1 Å². The number of amides is 5. The van der Waals surface area contributed by atoms with Crippen molar-refractivity contribution < 1.29 is 54.4 Å². The van der Waals surface area contributed by atoms with Crippen molar-refractivity contribution in [2.75, 3.05) is 97.1 Å². The molecule has 0 bridgehead atoms. The Balaban J connectivity index is 0.000000183. The molecule has 0 saturated carbocycles. The minimum Gasteiger partial charge on any atom is -0.445 e. The molecule has 3 aromatic carbocycles. The fourth-order valence-corrected chi connectivity index (χ4v) is 17.3. The molecule has 9 heterocycles. The Bertz CT molecular complexity index is 4930. The van der Waals surface area contributed by atoms with Crippen molar-refractivity contribution in [1.29, 1.82) is 0 Å². The number of thiazole rings is 3. The highest BCUT2D eigenvalue weighted by Crippen LogP contribution is 2.36. The first kappa shape index (κ1) is 87.3. The van der Waals surface area contributed by atoms with E-state index in [1.54, 1.807) is 107 Å². The van der Waals surface area contributed by atoms with Crippen LogP contribution in [0.15, 0.2) is 171 Å². The number of halogens is 3. The minimum atomic E-state index is -4.44. The molecule has 6 aromatic heterocycles. The molecular weight excluding hydrogens is 1570 g/mol. The van der Waals surface area contributed by atoms with Crippen molar-refractivity contribution in [1.82, 2.24) is 48.9 Å². The maximum absolute atomic E-state index is 13.4. The number of likely N-dealkylation sites (tertiary alicyclic amines) is 2. The normalized spacial score (nSPS) is 16.2. The molecule has 3 saturated heterocycles. The molecule has 12 rings (SSSR count). The van der Waals surface area contributed by atoms with Crippen molar-refractivity contribution in [3.05, 3.63) is 209 Å². The highest BCUT2D eigenvalue weighted by molar-refractivity contribution is 8.00. The van der Waals surface area contributed by atoms with Crippen LogP contribution in [-0.4, -0.2) is 165 Å². The molecule has 5 amide bonds. The molecule has 0 unspecified atom stereocenters. The summed E-state index contributed by atoms with van der Waals surface area (Å²) in [7, 11) is 0.160. The molecule has 7 N–H and O–H groups in total. The van der Waals surface area contributed by atoms with Crippen LogP contribution in [0.25, 0.3) is 0 Å². The zero-order chi connectivity index (χ0) is 82.6. The lowest BCUT2D eigenvalue weighted by Gasteiger charge is -2.33. The number of nitrogens with one attached hydrogen (secondary N) is 7. The van der Waals surface area contributed by atoms with Gasteiger partial charge >= 0.3 is 6.18 Å². The van der Waals surface area contributed by atoms with Gasteiger partial charge in [-0.15, -0.1) is 34.4 Å². The van der Waals surface area contributed by atoms with E-state index in [1.807, 2.05) is 42.5 Å². The predicted molar refractivity (Wildman–Crippen MR) is 449 cm³/mol. The van der Waals surface area contributed by atoms with Crippen LogP contribution >= 0.6 is 45.8 Å². The number of hydrogen-bond donors (Lipinski definition) is 7. The van der Waals surface area contributed by atoms with Gasteiger partial charge < -0.3 is 60.8 Å². The summed E-state index contributed by atoms with van der Waals surface area (Å²) in [6.07, 6.45) is 18.2. The number of benzene rings is 3. The Morgan fingerprint density at radius 1 is 0.591 bits per heavy atom. The standard InChI is InChI=1S/C28H38N6O4S3.C27H33N5O3S.C26H27F3N6O2S/c1-28(2,3)23-16-29-25(38-23)19-39-26-17-30-27(40-26)32-21-8-6-15-34(18-21)41(36,37)22-12-10-20(11-13-22)31-24(35)9-7-14-33(4)5;1-5-23(33)30-19-10-8-18(9-11-19)25(34)32-14-6-7-20(17-32)31-26-29-15-21(36-26)12-13-24-28-16-22(35-24)27(2,3)4;1-3-23(36)33-18-8-6-17(7-9-18)24(37)35-10-4-5-19(15-35)34-25-32-14-20(38-25)13-31-22-11-21(26(27,28)29)16(2)12-30-22/h7,9-13,16-17,21H,6,8,14-15,18-19H2,1-5H3,(H,30,32)(H,31,35);5,8-11,15-16,20H,1,6-7,12-14,17H2,2-4H3,(H,29,31)(H,30,33);3,6-9,11-12,14,19H,1,4-5,10,13,15H2,2H3,(H,30,31)(H,32,34)(H,33,36)/b9-7+;;/t21-;20-;19-/m111/s1. The van der Waals surface area contributed by atoms with E-state index in [0.29, 0.717) is 84.2 Å². The van der Waals surface area contributed by atoms with Crippen LogP contribution in [0.3, 0.4) is 0 Å². The number of pyridine rings is 1. The lowest BCUT2D eigenvalue weighted by Crippen LogP contribution is -2.45. The molecule has 9 aromatic rings. The fourth-order valence-electron chi connectivity index (χ4n) is 12.2. The number of carbonyl (C=O) groups excluding carboxylic acids is 5. The van der Waals surface area contributed by atoms with Crippen LogP contribution in [0, 0.1) is 6.92 Å². The summed E-state index contributed by atoms with van der Waals surface area (Å²) < 4.78 is 80.5. The molecule has 0 spiro atoms. The van der Waals surface area contributed by atoms with Gasteiger partial charge in [0.25, 0.3) is 11.8 Å². The summed E-state index contributed by atoms with van der Waals surface area (Å²) in [4.78, 5) is 95.1. The van der Waals surface area contributed by atoms with E-state index in [1.165, 1.54) is 75.3 Å². The zero-order valence-electron chi connectivity index (χ0n) is 65.8. The number of anilines is 7. The molecule has 0 radical (unpaired) electrons. The van der Waals surface area contributed by atoms with Gasteiger partial charge in [-0.05, 0) is 163 Å². The van der Waals surface area contributed by atoms with Crippen LogP contribution in [-0.2, 0) is 66.6 Å². The molecule has 3 atom stereocenters. The number of rotatable bonds is 27. The molecule has 3 aliphatic heterocycles. The number of hydrogen-bond acceptors (Lipinski definition) is 24. The van der Waals surface area contributed by atoms with Gasteiger partial charge in [-0.25, -0.2) is 38.3 Å². The average molecular weight is 1670 g/mol. The number of sulfonamides is 1. The van der Waals surface area contributed by atoms with Crippen LogP contribution < -0.4 is 37.2 Å². The number of oxazole rings is 2. The smallest absolute Gasteiger partial charge is 0.416 e. The SMILES string of the molecule is C=CC(=O)Nc1ccc(C(=O)N2CCC[C@@H](Nc3ncc(CCc4ncc(C(C)(C)C)o4)s3)C2)cc1.C=CC(=O)Nc1ccc(C(=O)N2CCC[C@@H](Nc3ncc(CNc4cc(C(F)(F)F)c(C)cn4)s3)C2)cc1.CN(C)C/C=C/C(=O)Nc1ccc(S(=O)(=O)N2CCC[C@@H](Nc3ncc(SCc4ncc(C(C)(C)C)o4)s3)C2)cc1. The second-order valence-corrected chi connectivity index (χ2v) is 36.5. The van der Waals surface area contributed by atoms with Crippen LogP contribution in [0.1, 0.15) is 145 Å². The number of likely N-dealkylation sites (N-methyl/N-ethyl adjacent to an activating group) is 1. The van der Waals surface area contributed by atoms with E-state index < -0.39 is 21.8 Å². The maximum atomic E-state index is 13.4. The van der Waals surface area contributed by atoms with E-state index in [9.17, 15) is 45.6 Å². The molecule has 3 fully saturated rings. The first-order chi connectivity index (χ1) is 54.7. The third kappa shape index (κ3) is 26.2. The number of carbonyl (C=O) groups is 5. The lowest BCUT2D eigenvalue weighted by atomic mass is 9.94. The third-order valence-corrected chi connectivity index (χ3v) is 24.3. The van der Waals surface area contributed by atoms with E-state index in [4.69, 9.17) is 8.83 Å². The van der Waals surface area contributed by atoms with Gasteiger partial charge in [0.05, 0.1) is 45.6 Å². The first-order valence-electron chi connectivity index (χ1n) is 37.6. The summed E-state index contributed by atoms with van der Waals surface area (Å²) in [6, 6.07) is 21.1. The van der Waals surface area contributed by atoms with Crippen molar-refractivity contribution in [2.45, 2.75) is 156 Å². The maximum Gasteiger partial charge on any atom is 0.416 e. The highest BCUT2D eigenvalue weighted by atomic mass is 32.2. The van der Waals surface area contributed by atoms with Gasteiger partial charge in [0.1, 0.15) is 17.3 Å². The van der Waals surface area contributed by atoms with Crippen molar-refractivity contribution in [3.8, 4) is 0 Å². The number of piperidine rings is 3. The number of nitrogens with zero attached hydrogens (tertiary/aromatic N) is 10. The highest BCUT2D eigenvalue weighted by Gasteiger charge is 2.35. The minimum absolute atomic E-state index is 0.0106. The van der Waals surface area contributed by atoms with Crippen molar-refractivity contribution in [2.24, 2.45) is 0 Å². The van der Waals surface area contributed by atoms with Gasteiger partial charge in [0.15, 0.2) is 21.3 Å². The first-order valence-corrected chi connectivity index (χ1v) is 42.4. The van der Waals surface area contributed by atoms with Gasteiger partial charge in [0, 0.05) is 144 Å². The second kappa shape index (κ2) is 40.0. The quantitative estimate of drug-likeness (QED) is 0.0186. The molecular formula is C81H98F3N17O9S5. The predicted octanol–water partition coefficient (Wildman–Crippen LogP) is 15.4. The van der Waals surface area contributed by atoms with Gasteiger partial charge in [-0.2, -0.15) is 17.5 Å². The van der Waals surface area contributed by atoms with Crippen LogP contribution in [0.5, 0.6) is 0 Å². The summed E-state index contributed by atoms with van der Waals surface area (Å²) in [5.74, 6) is 2.99. The van der Waals surface area contributed by atoms with E-state index in [0.717, 1.165) is 101 Å². The van der Waals surface area contributed by atoms with E-state index >= 15 is 0 Å². The molecule has 0 aliphatic carbocycles. The number of aryl methyl sites for hydroxylation is 3. The Morgan fingerprint density at radius 2 is 1.07 bits per heavy atom. The molecule has 26 nitrogen and oxygen atoms in total. The second-order valence-electron chi connectivity index (χ2n) is 30.0. The number of thioether (sulfide) groups is 1. The average Bonchev–Trinajstić information content (AvgIpc) is 1.69. The number of alkyl halides is 3. The monoisotopic (exact) mass is 1670 g/mol. The largest absolute Gasteiger partial charge is 0.445 e. The van der Waals surface area contributed by atoms with Crippen LogP contribution in [0.2, 0.25) is 0 Å². The zero-order valence-corrected chi connectivity index (χ0v) is 69.9. The van der Waals surface area contributed by atoms with Gasteiger partial charge in [0.2, 0.25) is 33.6 Å². The van der Waals surface area contributed by atoms with E-state index in [2.05, 4.69) is 122 Å². The topological polar surface area (TPSA) is 320 Å². The Hall–Kier alpha value is -10.1. The number of aromatic nitrogens is 6.